The highest BCUT2D eigenvalue weighted by Crippen LogP contribution is 2.31. The van der Waals surface area contributed by atoms with Gasteiger partial charge in [-0.1, -0.05) is 42.5 Å². The highest BCUT2D eigenvalue weighted by molar-refractivity contribution is 5.91. The Morgan fingerprint density at radius 3 is 2.50 bits per heavy atom. The fourth-order valence-corrected chi connectivity index (χ4v) is 3.25. The van der Waals surface area contributed by atoms with Gasteiger partial charge in [-0.25, -0.2) is 9.18 Å². The van der Waals surface area contributed by atoms with Gasteiger partial charge in [0.1, 0.15) is 11.9 Å². The number of aliphatic carboxylic acids is 1. The maximum Gasteiger partial charge on any atom is 0.412 e. The summed E-state index contributed by atoms with van der Waals surface area (Å²) in [5.74, 6) is -1.36. The van der Waals surface area contributed by atoms with Crippen molar-refractivity contribution in [1.82, 2.24) is 9.78 Å². The first-order chi connectivity index (χ1) is 14.3. The molecule has 1 amide bonds. The van der Waals surface area contributed by atoms with Crippen LogP contribution in [-0.2, 0) is 23.0 Å². The lowest BCUT2D eigenvalue weighted by Crippen LogP contribution is -2.17. The average Bonchev–Trinajstić information content (AvgIpc) is 2.95. The number of amides is 1. The van der Waals surface area contributed by atoms with Crippen LogP contribution in [0.15, 0.2) is 48.5 Å². The van der Waals surface area contributed by atoms with E-state index in [2.05, 4.69) is 10.4 Å². The minimum absolute atomic E-state index is 0.0734. The predicted octanol–water partition coefficient (Wildman–Crippen LogP) is 4.47. The molecule has 156 valence electrons. The molecule has 0 bridgehead atoms. The van der Waals surface area contributed by atoms with Crippen molar-refractivity contribution in [3.8, 4) is 11.3 Å². The van der Waals surface area contributed by atoms with Gasteiger partial charge in [-0.3, -0.25) is 14.8 Å². The van der Waals surface area contributed by atoms with Crippen LogP contribution < -0.4 is 5.32 Å². The molecule has 3 aromatic rings. The van der Waals surface area contributed by atoms with Gasteiger partial charge < -0.3 is 9.84 Å². The Kier molecular flexibility index (Phi) is 6.15. The number of rotatable bonds is 6. The second kappa shape index (κ2) is 8.77. The van der Waals surface area contributed by atoms with E-state index in [-0.39, 0.29) is 12.0 Å². The Morgan fingerprint density at radius 1 is 1.20 bits per heavy atom. The van der Waals surface area contributed by atoms with Crippen molar-refractivity contribution in [2.75, 3.05) is 5.32 Å². The van der Waals surface area contributed by atoms with Crippen molar-refractivity contribution in [2.24, 2.45) is 7.05 Å². The van der Waals surface area contributed by atoms with E-state index in [1.54, 1.807) is 68.0 Å². The maximum atomic E-state index is 13.9. The maximum absolute atomic E-state index is 13.9. The number of carbonyl (C=O) groups excluding carboxylic acids is 1. The summed E-state index contributed by atoms with van der Waals surface area (Å²) in [5, 5.41) is 16.0. The van der Waals surface area contributed by atoms with E-state index < -0.39 is 24.0 Å². The molecule has 1 atom stereocenters. The van der Waals surface area contributed by atoms with Gasteiger partial charge in [0.15, 0.2) is 0 Å². The van der Waals surface area contributed by atoms with Gasteiger partial charge in [0, 0.05) is 18.2 Å². The third-order valence-electron chi connectivity index (χ3n) is 4.66. The van der Waals surface area contributed by atoms with Gasteiger partial charge in [-0.05, 0) is 25.5 Å². The van der Waals surface area contributed by atoms with Gasteiger partial charge in [-0.15, -0.1) is 0 Å². The van der Waals surface area contributed by atoms with E-state index in [0.29, 0.717) is 22.6 Å². The topological polar surface area (TPSA) is 93.5 Å². The largest absolute Gasteiger partial charge is 0.481 e. The molecule has 0 aliphatic rings. The van der Waals surface area contributed by atoms with Crippen LogP contribution >= 0.6 is 0 Å². The minimum Gasteiger partial charge on any atom is -0.481 e. The van der Waals surface area contributed by atoms with Crippen LogP contribution in [0.25, 0.3) is 11.3 Å². The second-order valence-corrected chi connectivity index (χ2v) is 6.89. The molecule has 0 fully saturated rings. The van der Waals surface area contributed by atoms with Gasteiger partial charge in [-0.2, -0.15) is 5.10 Å². The number of ether oxygens (including phenoxy) is 1. The number of hydrogen-bond donors (Lipinski definition) is 2. The molecule has 1 aromatic heterocycles. The summed E-state index contributed by atoms with van der Waals surface area (Å²) in [4.78, 5) is 23.3. The molecule has 0 aliphatic carbocycles. The Balaban J connectivity index is 1.81. The molecular weight excluding hydrogens is 389 g/mol. The molecule has 2 aromatic carbocycles. The first-order valence-electron chi connectivity index (χ1n) is 9.33. The Labute approximate surface area is 173 Å². The number of carboxylic acid groups (broad SMARTS) is 1. The molecule has 0 radical (unpaired) electrons. The zero-order valence-electron chi connectivity index (χ0n) is 16.8. The molecule has 3 rings (SSSR count). The van der Waals surface area contributed by atoms with E-state index in [1.807, 2.05) is 0 Å². The van der Waals surface area contributed by atoms with Crippen molar-refractivity contribution in [2.45, 2.75) is 26.4 Å². The molecule has 0 saturated carbocycles. The van der Waals surface area contributed by atoms with E-state index in [4.69, 9.17) is 9.84 Å². The Hall–Kier alpha value is -3.68. The lowest BCUT2D eigenvalue weighted by atomic mass is 10.1. The summed E-state index contributed by atoms with van der Waals surface area (Å²) in [7, 11) is 1.74. The van der Waals surface area contributed by atoms with Gasteiger partial charge >= 0.3 is 12.1 Å². The van der Waals surface area contributed by atoms with Gasteiger partial charge in [0.05, 0.1) is 23.5 Å². The zero-order chi connectivity index (χ0) is 21.8. The SMILES string of the molecule is Cc1nn(C)c(-c2ccc(CC(=O)O)cc2)c1NC(=O)OC(C)c1ccccc1F. The summed E-state index contributed by atoms with van der Waals surface area (Å²) in [6.07, 6.45) is -1.58. The van der Waals surface area contributed by atoms with E-state index >= 15 is 0 Å². The molecule has 8 heteroatoms. The Morgan fingerprint density at radius 2 is 1.87 bits per heavy atom. The molecule has 7 nitrogen and oxygen atoms in total. The summed E-state index contributed by atoms with van der Waals surface area (Å²) < 4.78 is 20.9. The van der Waals surface area contributed by atoms with E-state index in [1.165, 1.54) is 6.07 Å². The van der Waals surface area contributed by atoms with Gasteiger partial charge in [0.2, 0.25) is 0 Å². The quantitative estimate of drug-likeness (QED) is 0.624. The molecular formula is C22H22FN3O4. The zero-order valence-corrected chi connectivity index (χ0v) is 16.8. The number of aromatic nitrogens is 2. The average molecular weight is 411 g/mol. The van der Waals surface area contributed by atoms with E-state index in [9.17, 15) is 14.0 Å². The molecule has 0 spiro atoms. The Bertz CT molecular complexity index is 1080. The van der Waals surface area contributed by atoms with Crippen molar-refractivity contribution >= 4 is 17.7 Å². The number of aryl methyl sites for hydroxylation is 2. The third kappa shape index (κ3) is 4.65. The minimum atomic E-state index is -0.909. The van der Waals surface area contributed by atoms with Crippen molar-refractivity contribution in [1.29, 1.82) is 0 Å². The number of nitrogens with one attached hydrogen (secondary N) is 1. The van der Waals surface area contributed by atoms with Gasteiger partial charge in [0.25, 0.3) is 0 Å². The highest BCUT2D eigenvalue weighted by atomic mass is 19.1. The molecule has 0 saturated heterocycles. The lowest BCUT2D eigenvalue weighted by molar-refractivity contribution is -0.136. The molecule has 1 heterocycles. The summed E-state index contributed by atoms with van der Waals surface area (Å²) >= 11 is 0. The molecule has 0 aliphatic heterocycles. The van der Waals surface area contributed by atoms with Crippen LogP contribution in [0.3, 0.4) is 0 Å². The number of nitrogens with zero attached hydrogens (tertiary/aromatic N) is 2. The number of benzene rings is 2. The number of halogens is 1. The van der Waals surface area contributed by atoms with E-state index in [0.717, 1.165) is 5.56 Å². The predicted molar refractivity (Wildman–Crippen MR) is 110 cm³/mol. The molecule has 1 unspecified atom stereocenters. The third-order valence-corrected chi connectivity index (χ3v) is 4.66. The van der Waals surface area contributed by atoms with Crippen molar-refractivity contribution in [3.05, 3.63) is 71.2 Å². The lowest BCUT2D eigenvalue weighted by Gasteiger charge is -2.15. The first-order valence-corrected chi connectivity index (χ1v) is 9.33. The van der Waals surface area contributed by atoms with Crippen LogP contribution in [0, 0.1) is 12.7 Å². The monoisotopic (exact) mass is 411 g/mol. The van der Waals surface area contributed by atoms with Crippen LogP contribution in [0.2, 0.25) is 0 Å². The number of hydrogen-bond acceptors (Lipinski definition) is 4. The number of anilines is 1. The molecule has 2 N–H and O–H groups in total. The number of carboxylic acids is 1. The fourth-order valence-electron chi connectivity index (χ4n) is 3.25. The van der Waals surface area contributed by atoms with Crippen molar-refractivity contribution < 1.29 is 23.8 Å². The summed E-state index contributed by atoms with van der Waals surface area (Å²) in [6.45, 7) is 3.34. The standard InChI is InChI=1S/C22H22FN3O4/c1-13-20(24-22(29)30-14(2)17-6-4-5-7-18(17)23)21(26(3)25-13)16-10-8-15(9-11-16)12-19(27)28/h4-11,14H,12H2,1-3H3,(H,24,29)(H,27,28). The van der Waals surface area contributed by atoms with Crippen LogP contribution in [0.4, 0.5) is 14.9 Å². The normalized spacial score (nSPS) is 11.7. The smallest absolute Gasteiger partial charge is 0.412 e. The van der Waals surface area contributed by atoms with Crippen LogP contribution in [0.5, 0.6) is 0 Å². The molecule has 30 heavy (non-hydrogen) atoms. The van der Waals surface area contributed by atoms with Crippen LogP contribution in [-0.4, -0.2) is 26.9 Å². The highest BCUT2D eigenvalue weighted by Gasteiger charge is 2.20. The van der Waals surface area contributed by atoms with Crippen molar-refractivity contribution in [3.63, 3.8) is 0 Å². The van der Waals surface area contributed by atoms with Crippen LogP contribution in [0.1, 0.15) is 29.8 Å². The first kappa shape index (κ1) is 21.0. The fraction of sp³-hybridized carbons (Fsp3) is 0.227. The second-order valence-electron chi connectivity index (χ2n) is 6.89. The number of carbonyl (C=O) groups is 2. The summed E-state index contributed by atoms with van der Waals surface area (Å²) in [5.41, 5.74) is 3.39. The summed E-state index contributed by atoms with van der Waals surface area (Å²) in [6, 6.07) is 13.1.